The summed E-state index contributed by atoms with van der Waals surface area (Å²) < 4.78 is 27.1. The van der Waals surface area contributed by atoms with Gasteiger partial charge in [0.05, 0.1) is 11.8 Å². The third-order valence-corrected chi connectivity index (χ3v) is 6.10. The van der Waals surface area contributed by atoms with Gasteiger partial charge in [0.1, 0.15) is 0 Å². The van der Waals surface area contributed by atoms with Crippen LogP contribution in [0.2, 0.25) is 0 Å². The third-order valence-electron chi connectivity index (χ3n) is 4.00. The fourth-order valence-electron chi connectivity index (χ4n) is 2.51. The van der Waals surface area contributed by atoms with Gasteiger partial charge in [0, 0.05) is 33.2 Å². The first-order valence-corrected chi connectivity index (χ1v) is 7.62. The third kappa shape index (κ3) is 2.07. The number of likely N-dealkylation sites (tertiary alicyclic amines) is 1. The molecule has 0 aromatic carbocycles. The van der Waals surface area contributed by atoms with Gasteiger partial charge in [-0.25, -0.2) is 0 Å². The van der Waals surface area contributed by atoms with Crippen LogP contribution in [0.15, 0.2) is 0 Å². The van der Waals surface area contributed by atoms with Crippen molar-refractivity contribution in [2.24, 2.45) is 11.8 Å². The highest BCUT2D eigenvalue weighted by atomic mass is 32.2. The summed E-state index contributed by atoms with van der Waals surface area (Å²) in [7, 11) is -0.650. The Labute approximate surface area is 113 Å². The highest BCUT2D eigenvalue weighted by molar-refractivity contribution is 7.86. The molecular weight excluding hydrogens is 270 g/mol. The van der Waals surface area contributed by atoms with Crippen molar-refractivity contribution < 1.29 is 18.0 Å². The zero-order valence-electron chi connectivity index (χ0n) is 11.5. The molecule has 8 heteroatoms. The van der Waals surface area contributed by atoms with Crippen molar-refractivity contribution in [3.8, 4) is 0 Å². The van der Waals surface area contributed by atoms with Gasteiger partial charge in [0.25, 0.3) is 10.2 Å². The maximum absolute atomic E-state index is 12.3. The first-order chi connectivity index (χ1) is 8.67. The molecule has 0 bridgehead atoms. The van der Waals surface area contributed by atoms with Crippen LogP contribution in [-0.4, -0.2) is 67.0 Å². The molecule has 0 unspecified atom stereocenters. The number of fused-ring (bicyclic) bond motifs is 1. The van der Waals surface area contributed by atoms with Crippen molar-refractivity contribution in [3.63, 3.8) is 0 Å². The number of carbonyl (C=O) groups excluding carboxylic acids is 2. The van der Waals surface area contributed by atoms with E-state index in [4.69, 9.17) is 0 Å². The van der Waals surface area contributed by atoms with Crippen LogP contribution in [0.4, 0.5) is 0 Å². The molecule has 0 aromatic rings. The highest BCUT2D eigenvalue weighted by Crippen LogP contribution is 2.34. The minimum absolute atomic E-state index is 0.0962. The van der Waals surface area contributed by atoms with Crippen LogP contribution in [0.25, 0.3) is 0 Å². The maximum atomic E-state index is 12.3. The Morgan fingerprint density at radius 1 is 1.16 bits per heavy atom. The van der Waals surface area contributed by atoms with Gasteiger partial charge in [-0.05, 0) is 13.8 Å². The Morgan fingerprint density at radius 2 is 1.58 bits per heavy atom. The van der Waals surface area contributed by atoms with Crippen molar-refractivity contribution in [1.82, 2.24) is 13.5 Å². The van der Waals surface area contributed by atoms with Gasteiger partial charge in [0.2, 0.25) is 11.8 Å². The summed E-state index contributed by atoms with van der Waals surface area (Å²) in [6.07, 6.45) is 0. The normalized spacial score (nSPS) is 28.8. The lowest BCUT2D eigenvalue weighted by Gasteiger charge is -2.27. The van der Waals surface area contributed by atoms with Crippen molar-refractivity contribution in [2.45, 2.75) is 19.9 Å². The summed E-state index contributed by atoms with van der Waals surface area (Å²) in [5, 5.41) is 0. The monoisotopic (exact) mass is 289 g/mol. The van der Waals surface area contributed by atoms with Crippen LogP contribution in [0.5, 0.6) is 0 Å². The molecule has 7 nitrogen and oxygen atoms in total. The van der Waals surface area contributed by atoms with Gasteiger partial charge in [-0.2, -0.15) is 17.0 Å². The topological polar surface area (TPSA) is 78.0 Å². The second-order valence-electron chi connectivity index (χ2n) is 5.38. The van der Waals surface area contributed by atoms with E-state index < -0.39 is 22.0 Å². The second kappa shape index (κ2) is 4.53. The van der Waals surface area contributed by atoms with Crippen molar-refractivity contribution in [3.05, 3.63) is 0 Å². The number of carbonyl (C=O) groups is 2. The molecule has 2 rings (SSSR count). The Hall–Kier alpha value is -0.990. The zero-order valence-corrected chi connectivity index (χ0v) is 12.3. The van der Waals surface area contributed by atoms with Crippen LogP contribution >= 0.6 is 0 Å². The second-order valence-corrected chi connectivity index (χ2v) is 7.37. The Bertz CT molecular complexity index is 492. The molecule has 2 aliphatic rings. The summed E-state index contributed by atoms with van der Waals surface area (Å²) >= 11 is 0. The molecule has 2 aliphatic heterocycles. The van der Waals surface area contributed by atoms with Gasteiger partial charge in [-0.15, -0.1) is 0 Å². The molecule has 0 aromatic heterocycles. The molecule has 2 fully saturated rings. The van der Waals surface area contributed by atoms with Gasteiger partial charge >= 0.3 is 0 Å². The van der Waals surface area contributed by atoms with Crippen LogP contribution in [0, 0.1) is 11.8 Å². The number of amides is 2. The van der Waals surface area contributed by atoms with E-state index in [9.17, 15) is 18.0 Å². The first-order valence-electron chi connectivity index (χ1n) is 6.22. The molecule has 0 radical (unpaired) electrons. The maximum Gasteiger partial charge on any atom is 0.282 e. The smallest absolute Gasteiger partial charge is 0.282 e. The Balaban J connectivity index is 2.21. The van der Waals surface area contributed by atoms with Gasteiger partial charge < -0.3 is 0 Å². The molecule has 108 valence electrons. The average Bonchev–Trinajstić information content (AvgIpc) is 2.86. The lowest BCUT2D eigenvalue weighted by molar-refractivity contribution is -0.138. The lowest BCUT2D eigenvalue weighted by atomic mass is 10.00. The molecular formula is C11H19N3O4S. The summed E-state index contributed by atoms with van der Waals surface area (Å²) in [4.78, 5) is 24.8. The molecule has 2 heterocycles. The number of nitrogens with zero attached hydrogens (tertiary/aromatic N) is 3. The quantitative estimate of drug-likeness (QED) is 0.632. The zero-order chi connectivity index (χ0) is 14.5. The van der Waals surface area contributed by atoms with Crippen molar-refractivity contribution >= 4 is 22.0 Å². The Kier molecular flexibility index (Phi) is 3.44. The fraction of sp³-hybridized carbons (Fsp3) is 0.818. The lowest BCUT2D eigenvalue weighted by Crippen LogP contribution is -2.45. The average molecular weight is 289 g/mol. The van der Waals surface area contributed by atoms with Gasteiger partial charge in [-0.3, -0.25) is 14.5 Å². The standard InChI is InChI=1S/C11H19N3O4S/c1-7(2)13(4)19(17,18)14-5-8-9(6-14)11(16)12(3)10(8)15/h7-9H,5-6H2,1-4H3/t8-,9+. The van der Waals surface area contributed by atoms with E-state index in [1.807, 2.05) is 0 Å². The fourth-order valence-corrected chi connectivity index (χ4v) is 4.11. The van der Waals surface area contributed by atoms with E-state index in [-0.39, 0.29) is 30.9 Å². The van der Waals surface area contributed by atoms with Crippen LogP contribution < -0.4 is 0 Å². The molecule has 2 amide bonds. The molecule has 0 spiro atoms. The molecule has 2 atom stereocenters. The van der Waals surface area contributed by atoms with E-state index in [0.717, 1.165) is 4.90 Å². The van der Waals surface area contributed by atoms with E-state index in [0.29, 0.717) is 0 Å². The van der Waals surface area contributed by atoms with Crippen LogP contribution in [0.1, 0.15) is 13.8 Å². The van der Waals surface area contributed by atoms with Crippen LogP contribution in [0.3, 0.4) is 0 Å². The SMILES string of the molecule is CC(C)N(C)S(=O)(=O)N1C[C@@H]2C(=O)N(C)C(=O)[C@@H]2C1. The number of rotatable bonds is 3. The molecule has 2 saturated heterocycles. The Morgan fingerprint density at radius 3 is 1.95 bits per heavy atom. The summed E-state index contributed by atoms with van der Waals surface area (Å²) in [6, 6.07) is -0.167. The summed E-state index contributed by atoms with van der Waals surface area (Å²) in [5.74, 6) is -1.60. The molecule has 19 heavy (non-hydrogen) atoms. The van der Waals surface area contributed by atoms with E-state index in [2.05, 4.69) is 0 Å². The van der Waals surface area contributed by atoms with E-state index in [1.54, 1.807) is 13.8 Å². The minimum Gasteiger partial charge on any atom is -0.285 e. The molecule has 0 N–H and O–H groups in total. The number of hydrogen-bond donors (Lipinski definition) is 0. The van der Waals surface area contributed by atoms with Crippen LogP contribution in [-0.2, 0) is 19.8 Å². The number of imide groups is 1. The van der Waals surface area contributed by atoms with E-state index >= 15 is 0 Å². The van der Waals surface area contributed by atoms with Gasteiger partial charge in [0.15, 0.2) is 0 Å². The highest BCUT2D eigenvalue weighted by Gasteiger charge is 2.53. The summed E-state index contributed by atoms with van der Waals surface area (Å²) in [6.45, 7) is 3.75. The van der Waals surface area contributed by atoms with Crippen molar-refractivity contribution in [1.29, 1.82) is 0 Å². The predicted octanol–water partition coefficient (Wildman–Crippen LogP) is -0.882. The molecule has 0 aliphatic carbocycles. The summed E-state index contributed by atoms with van der Waals surface area (Å²) in [5.41, 5.74) is 0. The molecule has 0 saturated carbocycles. The minimum atomic E-state index is -3.60. The first kappa shape index (κ1) is 14.4. The number of hydrogen-bond acceptors (Lipinski definition) is 4. The predicted molar refractivity (Wildman–Crippen MR) is 68.1 cm³/mol. The van der Waals surface area contributed by atoms with E-state index in [1.165, 1.54) is 22.7 Å². The van der Waals surface area contributed by atoms with Crippen molar-refractivity contribution in [2.75, 3.05) is 27.2 Å². The largest absolute Gasteiger partial charge is 0.285 e. The van der Waals surface area contributed by atoms with Gasteiger partial charge in [-0.1, -0.05) is 0 Å².